The topological polar surface area (TPSA) is 130 Å². The molecule has 1 saturated carbocycles. The van der Waals surface area contributed by atoms with Gasteiger partial charge in [-0.1, -0.05) is 29.8 Å². The van der Waals surface area contributed by atoms with E-state index in [0.717, 1.165) is 21.9 Å². The standard InChI is InChI=1S/C31H27ClF4N6O4/c32-24-4-2-1-3-23(24)28(29(45)39-21-13-31(35,36)14-21)41(22-11-19(33)10-20(34)12-22)30(46)25-16-40(7-8-43)17-27(44)42(25)26-9-18(15-37)5-6-38-26/h1-6,9-12,21,25,28,43H,7-8,13-14,16-17H2,(H,39,45)/t25-,28?/m0/s1. The van der Waals surface area contributed by atoms with Crippen molar-refractivity contribution in [2.24, 2.45) is 0 Å². The van der Waals surface area contributed by atoms with E-state index >= 15 is 0 Å². The van der Waals surface area contributed by atoms with Crippen LogP contribution in [0.5, 0.6) is 0 Å². The fraction of sp³-hybridized carbons (Fsp3) is 0.323. The first-order chi connectivity index (χ1) is 21.9. The maximum atomic E-state index is 14.8. The number of amides is 3. The van der Waals surface area contributed by atoms with Gasteiger partial charge in [0.2, 0.25) is 11.8 Å². The Hall–Kier alpha value is -4.58. The second-order valence-corrected chi connectivity index (χ2v) is 11.4. The Morgan fingerprint density at radius 2 is 1.85 bits per heavy atom. The zero-order valence-corrected chi connectivity index (χ0v) is 24.8. The van der Waals surface area contributed by atoms with Crippen molar-refractivity contribution in [1.82, 2.24) is 15.2 Å². The predicted octanol–water partition coefficient (Wildman–Crippen LogP) is 3.58. The predicted molar refractivity (Wildman–Crippen MR) is 158 cm³/mol. The molecule has 1 unspecified atom stereocenters. The Morgan fingerprint density at radius 3 is 2.48 bits per heavy atom. The molecule has 3 aromatic rings. The molecule has 3 amide bonds. The number of anilines is 2. The molecule has 0 bridgehead atoms. The molecule has 46 heavy (non-hydrogen) atoms. The van der Waals surface area contributed by atoms with E-state index in [1.54, 1.807) is 6.07 Å². The van der Waals surface area contributed by atoms with Gasteiger partial charge in [-0.3, -0.25) is 29.1 Å². The number of benzene rings is 2. The van der Waals surface area contributed by atoms with Crippen molar-refractivity contribution in [3.05, 3.63) is 88.6 Å². The first kappa shape index (κ1) is 32.8. The number of aromatic nitrogens is 1. The summed E-state index contributed by atoms with van der Waals surface area (Å²) in [6.45, 7) is -0.856. The molecule has 1 saturated heterocycles. The van der Waals surface area contributed by atoms with Crippen LogP contribution in [-0.2, 0) is 14.4 Å². The van der Waals surface area contributed by atoms with Crippen molar-refractivity contribution in [3.8, 4) is 6.07 Å². The van der Waals surface area contributed by atoms with Crippen LogP contribution in [0.25, 0.3) is 0 Å². The van der Waals surface area contributed by atoms with Gasteiger partial charge < -0.3 is 10.4 Å². The molecule has 10 nitrogen and oxygen atoms in total. The fourth-order valence-corrected chi connectivity index (χ4v) is 5.86. The molecule has 2 N–H and O–H groups in total. The van der Waals surface area contributed by atoms with Gasteiger partial charge in [0.15, 0.2) is 0 Å². The average Bonchev–Trinajstić information content (AvgIpc) is 2.98. The van der Waals surface area contributed by atoms with Gasteiger partial charge in [-0.2, -0.15) is 5.26 Å². The highest BCUT2D eigenvalue weighted by Gasteiger charge is 2.49. The van der Waals surface area contributed by atoms with Crippen LogP contribution in [-0.4, -0.2) is 77.0 Å². The third-order valence-electron chi connectivity index (χ3n) is 7.70. The van der Waals surface area contributed by atoms with Gasteiger partial charge in [-0.05, 0) is 30.3 Å². The first-order valence-corrected chi connectivity index (χ1v) is 14.5. The smallest absolute Gasteiger partial charge is 0.252 e. The Balaban J connectivity index is 1.67. The summed E-state index contributed by atoms with van der Waals surface area (Å²) in [6, 6.07) is 8.42. The lowest BCUT2D eigenvalue weighted by Gasteiger charge is -2.43. The van der Waals surface area contributed by atoms with Gasteiger partial charge in [0.25, 0.3) is 11.8 Å². The van der Waals surface area contributed by atoms with Gasteiger partial charge in [0.1, 0.15) is 29.5 Å². The molecule has 15 heteroatoms. The number of carbonyl (C=O) groups is 3. The number of nitriles is 1. The quantitative estimate of drug-likeness (QED) is 0.336. The average molecular weight is 659 g/mol. The molecule has 2 fully saturated rings. The maximum absolute atomic E-state index is 14.8. The molecule has 1 aliphatic carbocycles. The van der Waals surface area contributed by atoms with E-state index in [2.05, 4.69) is 10.3 Å². The number of rotatable bonds is 9. The summed E-state index contributed by atoms with van der Waals surface area (Å²) >= 11 is 6.50. The molecule has 2 aromatic carbocycles. The maximum Gasteiger partial charge on any atom is 0.252 e. The molecule has 1 aliphatic heterocycles. The number of aliphatic hydroxyl groups is 1. The molecule has 5 rings (SSSR count). The minimum absolute atomic E-state index is 0.0104. The number of nitrogens with zero attached hydrogens (tertiary/aromatic N) is 5. The number of halogens is 5. The van der Waals surface area contributed by atoms with Crippen molar-refractivity contribution < 1.29 is 37.1 Å². The van der Waals surface area contributed by atoms with Gasteiger partial charge in [0.05, 0.1) is 30.5 Å². The number of pyridine rings is 1. The summed E-state index contributed by atoms with van der Waals surface area (Å²) in [7, 11) is 0. The van der Waals surface area contributed by atoms with Crippen LogP contribution in [0.2, 0.25) is 5.02 Å². The van der Waals surface area contributed by atoms with Crippen LogP contribution >= 0.6 is 11.6 Å². The Labute approximate surface area is 265 Å². The molecule has 1 aromatic heterocycles. The van der Waals surface area contributed by atoms with E-state index in [0.29, 0.717) is 6.07 Å². The third kappa shape index (κ3) is 6.96. The Kier molecular flexibility index (Phi) is 9.57. The van der Waals surface area contributed by atoms with Gasteiger partial charge in [0, 0.05) is 54.8 Å². The number of hydrogen-bond donors (Lipinski definition) is 2. The number of hydrogen-bond acceptors (Lipinski definition) is 7. The van der Waals surface area contributed by atoms with E-state index in [9.17, 15) is 42.3 Å². The number of aliphatic hydroxyl groups excluding tert-OH is 1. The molecular weight excluding hydrogens is 632 g/mol. The van der Waals surface area contributed by atoms with Crippen LogP contribution in [0.1, 0.15) is 30.0 Å². The van der Waals surface area contributed by atoms with Gasteiger partial charge in [-0.25, -0.2) is 22.5 Å². The molecule has 240 valence electrons. The molecule has 0 spiro atoms. The Bertz CT molecular complexity index is 1680. The summed E-state index contributed by atoms with van der Waals surface area (Å²) in [6.07, 6.45) is -0.0478. The van der Waals surface area contributed by atoms with E-state index in [1.165, 1.54) is 41.4 Å². The summed E-state index contributed by atoms with van der Waals surface area (Å²) in [4.78, 5) is 49.8. The van der Waals surface area contributed by atoms with E-state index in [-0.39, 0.29) is 48.2 Å². The third-order valence-corrected chi connectivity index (χ3v) is 8.04. The van der Waals surface area contributed by atoms with Crippen molar-refractivity contribution in [2.75, 3.05) is 36.0 Å². The van der Waals surface area contributed by atoms with Crippen molar-refractivity contribution in [3.63, 3.8) is 0 Å². The fourth-order valence-electron chi connectivity index (χ4n) is 5.62. The monoisotopic (exact) mass is 658 g/mol. The van der Waals surface area contributed by atoms with Crippen LogP contribution in [0.15, 0.2) is 60.8 Å². The molecule has 2 heterocycles. The highest BCUT2D eigenvalue weighted by Crippen LogP contribution is 2.39. The molecule has 2 aliphatic rings. The zero-order chi connectivity index (χ0) is 33.2. The van der Waals surface area contributed by atoms with E-state index in [1.807, 2.05) is 6.07 Å². The highest BCUT2D eigenvalue weighted by atomic mass is 35.5. The number of β-amino-alcohol motifs (C(OH)–C–C–N with tert-alkyl or cyclic N) is 1. The van der Waals surface area contributed by atoms with Crippen LogP contribution in [0, 0.1) is 23.0 Å². The number of piperazine rings is 1. The minimum Gasteiger partial charge on any atom is -0.395 e. The van der Waals surface area contributed by atoms with Crippen molar-refractivity contribution in [2.45, 2.75) is 36.9 Å². The number of nitrogens with one attached hydrogen (secondary N) is 1. The van der Waals surface area contributed by atoms with Crippen LogP contribution in [0.4, 0.5) is 29.1 Å². The van der Waals surface area contributed by atoms with Gasteiger partial charge in [-0.15, -0.1) is 0 Å². The van der Waals surface area contributed by atoms with E-state index in [4.69, 9.17) is 11.6 Å². The minimum atomic E-state index is -3.00. The normalized spacial score (nSPS) is 18.8. The second-order valence-electron chi connectivity index (χ2n) is 11.0. The summed E-state index contributed by atoms with van der Waals surface area (Å²) in [5.74, 6) is -7.88. The van der Waals surface area contributed by atoms with Gasteiger partial charge >= 0.3 is 0 Å². The zero-order valence-electron chi connectivity index (χ0n) is 24.0. The lowest BCUT2D eigenvalue weighted by atomic mass is 9.87. The summed E-state index contributed by atoms with van der Waals surface area (Å²) in [5.41, 5.74) is -0.292. The van der Waals surface area contributed by atoms with E-state index < -0.39 is 71.9 Å². The summed E-state index contributed by atoms with van der Waals surface area (Å²) < 4.78 is 56.8. The Morgan fingerprint density at radius 1 is 1.15 bits per heavy atom. The second kappa shape index (κ2) is 13.4. The molecule has 2 atom stereocenters. The summed E-state index contributed by atoms with van der Waals surface area (Å²) in [5, 5.41) is 21.5. The van der Waals surface area contributed by atoms with Crippen LogP contribution < -0.4 is 15.1 Å². The molecule has 0 radical (unpaired) electrons. The largest absolute Gasteiger partial charge is 0.395 e. The molecular formula is C31H27ClF4N6O4. The lowest BCUT2D eigenvalue weighted by Crippen LogP contribution is -2.64. The first-order valence-electron chi connectivity index (χ1n) is 14.1. The van der Waals surface area contributed by atoms with Crippen molar-refractivity contribution >= 4 is 40.8 Å². The lowest BCUT2D eigenvalue weighted by molar-refractivity contribution is -0.133. The SMILES string of the molecule is N#Cc1ccnc(N2C(=O)CN(CCO)C[C@H]2C(=O)N(c2cc(F)cc(F)c2)C(C(=O)NC2CC(F)(F)C2)c2ccccc2Cl)c1. The number of alkyl halides is 2. The highest BCUT2D eigenvalue weighted by molar-refractivity contribution is 6.31. The van der Waals surface area contributed by atoms with Crippen molar-refractivity contribution in [1.29, 1.82) is 5.26 Å². The van der Waals surface area contributed by atoms with Crippen LogP contribution in [0.3, 0.4) is 0 Å². The number of carbonyl (C=O) groups excluding carboxylic acids is 3.